The molecule has 4 heteroatoms. The molecule has 32 heavy (non-hydrogen) atoms. The van der Waals surface area contributed by atoms with Crippen LogP contribution >= 0.6 is 0 Å². The summed E-state index contributed by atoms with van der Waals surface area (Å²) in [6, 6.07) is 19.3. The second-order valence-corrected chi connectivity index (χ2v) is 9.27. The van der Waals surface area contributed by atoms with Crippen molar-refractivity contribution in [2.75, 3.05) is 0 Å². The lowest BCUT2D eigenvalue weighted by Gasteiger charge is -2.25. The number of fused-ring (bicyclic) bond motifs is 7. The van der Waals surface area contributed by atoms with Gasteiger partial charge in [-0.05, 0) is 66.5 Å². The molecule has 1 N–H and O–H groups in total. The molecule has 0 spiro atoms. The van der Waals surface area contributed by atoms with Gasteiger partial charge in [-0.2, -0.15) is 0 Å². The van der Waals surface area contributed by atoms with Crippen LogP contribution in [0.5, 0.6) is 17.2 Å². The van der Waals surface area contributed by atoms with Gasteiger partial charge in [0.25, 0.3) is 0 Å². The summed E-state index contributed by atoms with van der Waals surface area (Å²) in [5.74, 6) is 2.44. The van der Waals surface area contributed by atoms with Gasteiger partial charge < -0.3 is 14.6 Å². The lowest BCUT2D eigenvalue weighted by atomic mass is 9.82. The maximum absolute atomic E-state index is 12.9. The molecule has 0 aromatic heterocycles. The Balaban J connectivity index is 1.42. The molecule has 2 bridgehead atoms. The molecule has 4 aromatic carbocycles. The lowest BCUT2D eigenvalue weighted by molar-refractivity contribution is 0.152. The van der Waals surface area contributed by atoms with Crippen LogP contribution < -0.4 is 9.47 Å². The van der Waals surface area contributed by atoms with Crippen LogP contribution in [-0.4, -0.2) is 11.3 Å². The van der Waals surface area contributed by atoms with Crippen molar-refractivity contribution in [1.29, 1.82) is 0 Å². The molecule has 0 radical (unpaired) electrons. The molecule has 2 aliphatic carbocycles. The molecule has 1 saturated carbocycles. The number of rotatable bonds is 2. The molecule has 0 aliphatic heterocycles. The Labute approximate surface area is 186 Å². The summed E-state index contributed by atoms with van der Waals surface area (Å²) < 4.78 is 11.5. The van der Waals surface area contributed by atoms with Crippen LogP contribution in [0.4, 0.5) is 4.79 Å². The van der Waals surface area contributed by atoms with E-state index in [4.69, 9.17) is 9.47 Å². The van der Waals surface area contributed by atoms with E-state index in [2.05, 4.69) is 6.92 Å². The number of hydrogen-bond acceptors (Lipinski definition) is 4. The third-order valence-corrected chi connectivity index (χ3v) is 7.23. The molecule has 0 amide bonds. The fourth-order valence-electron chi connectivity index (χ4n) is 5.80. The molecule has 0 heterocycles. The molecule has 3 unspecified atom stereocenters. The van der Waals surface area contributed by atoms with Crippen molar-refractivity contribution in [3.8, 4) is 17.2 Å². The van der Waals surface area contributed by atoms with Crippen molar-refractivity contribution in [1.82, 2.24) is 0 Å². The van der Waals surface area contributed by atoms with Crippen LogP contribution in [-0.2, 0) is 0 Å². The van der Waals surface area contributed by atoms with Gasteiger partial charge in [0.2, 0.25) is 0 Å². The number of hydrogen-bond donors (Lipinski definition) is 1. The first-order chi connectivity index (χ1) is 15.5. The summed E-state index contributed by atoms with van der Waals surface area (Å²) in [5.41, 5.74) is 2.99. The normalized spacial score (nSPS) is 21.1. The molecule has 1 fully saturated rings. The van der Waals surface area contributed by atoms with Crippen LogP contribution in [0.2, 0.25) is 0 Å². The Morgan fingerprint density at radius 2 is 1.72 bits per heavy atom. The van der Waals surface area contributed by atoms with Crippen LogP contribution in [0.3, 0.4) is 0 Å². The van der Waals surface area contributed by atoms with Crippen LogP contribution in [0, 0.1) is 12.8 Å². The predicted octanol–water partition coefficient (Wildman–Crippen LogP) is 7.20. The van der Waals surface area contributed by atoms with Gasteiger partial charge in [-0.3, -0.25) is 0 Å². The third kappa shape index (κ3) is 2.86. The van der Waals surface area contributed by atoms with Crippen LogP contribution in [0.15, 0.2) is 60.7 Å². The quantitative estimate of drug-likeness (QED) is 0.273. The highest BCUT2D eigenvalue weighted by atomic mass is 16.7. The maximum atomic E-state index is 12.9. The third-order valence-electron chi connectivity index (χ3n) is 7.23. The Kier molecular flexibility index (Phi) is 4.19. The number of ether oxygens (including phenoxy) is 2. The number of phenols is 1. The summed E-state index contributed by atoms with van der Waals surface area (Å²) in [4.78, 5) is 12.9. The minimum atomic E-state index is -0.758. The molecule has 3 atom stereocenters. The van der Waals surface area contributed by atoms with E-state index in [-0.39, 0.29) is 0 Å². The van der Waals surface area contributed by atoms with E-state index in [1.165, 1.54) is 0 Å². The van der Waals surface area contributed by atoms with E-state index in [1.807, 2.05) is 61.5 Å². The number of aryl methyl sites for hydroxylation is 1. The number of carbonyl (C=O) groups excluding carboxylic acids is 1. The summed E-state index contributed by atoms with van der Waals surface area (Å²) in [5, 5.41) is 14.7. The number of benzene rings is 4. The topological polar surface area (TPSA) is 55.8 Å². The van der Waals surface area contributed by atoms with E-state index in [1.54, 1.807) is 6.07 Å². The number of carbonyl (C=O) groups is 1. The average Bonchev–Trinajstić information content (AvgIpc) is 3.34. The van der Waals surface area contributed by atoms with Crippen molar-refractivity contribution >= 4 is 27.7 Å². The molecular weight excluding hydrogens is 400 g/mol. The Morgan fingerprint density at radius 1 is 0.906 bits per heavy atom. The van der Waals surface area contributed by atoms with Gasteiger partial charge in [0.05, 0.1) is 0 Å². The van der Waals surface area contributed by atoms with Crippen LogP contribution in [0.1, 0.15) is 48.3 Å². The molecule has 0 saturated heterocycles. The summed E-state index contributed by atoms with van der Waals surface area (Å²) in [7, 11) is 0. The minimum absolute atomic E-state index is 0.296. The van der Waals surface area contributed by atoms with Gasteiger partial charge in [-0.25, -0.2) is 4.79 Å². The summed E-state index contributed by atoms with van der Waals surface area (Å²) >= 11 is 0. The smallest absolute Gasteiger partial charge is 0.507 e. The van der Waals surface area contributed by atoms with Gasteiger partial charge in [-0.1, -0.05) is 55.0 Å². The Hall–Kier alpha value is -3.53. The van der Waals surface area contributed by atoms with E-state index in [0.29, 0.717) is 35.0 Å². The van der Waals surface area contributed by atoms with E-state index >= 15 is 0 Å². The van der Waals surface area contributed by atoms with E-state index < -0.39 is 6.16 Å². The van der Waals surface area contributed by atoms with Crippen molar-refractivity contribution in [3.63, 3.8) is 0 Å². The Morgan fingerprint density at radius 3 is 2.56 bits per heavy atom. The number of aromatic hydroxyl groups is 1. The van der Waals surface area contributed by atoms with Gasteiger partial charge >= 0.3 is 6.16 Å². The van der Waals surface area contributed by atoms with Gasteiger partial charge in [0, 0.05) is 21.9 Å². The van der Waals surface area contributed by atoms with Crippen molar-refractivity contribution in [3.05, 3.63) is 77.4 Å². The summed E-state index contributed by atoms with van der Waals surface area (Å²) in [6.45, 7) is 4.23. The van der Waals surface area contributed by atoms with E-state index in [9.17, 15) is 9.90 Å². The first-order valence-electron chi connectivity index (χ1n) is 11.2. The summed E-state index contributed by atoms with van der Waals surface area (Å²) in [6.07, 6.45) is 1.28. The fourth-order valence-corrected chi connectivity index (χ4v) is 5.80. The molecule has 2 aliphatic rings. The zero-order valence-electron chi connectivity index (χ0n) is 18.1. The largest absolute Gasteiger partial charge is 0.519 e. The minimum Gasteiger partial charge on any atom is -0.507 e. The number of phenolic OH excluding ortho intramolecular Hbond substituents is 1. The fraction of sp³-hybridized carbons (Fsp3) is 0.250. The van der Waals surface area contributed by atoms with Crippen molar-refractivity contribution < 1.29 is 19.4 Å². The monoisotopic (exact) mass is 424 g/mol. The highest BCUT2D eigenvalue weighted by Gasteiger charge is 2.46. The predicted molar refractivity (Wildman–Crippen MR) is 125 cm³/mol. The standard InChI is InChI=1S/C28H24O4/c1-15-7-10-21-23(11-15)27(24-19-12-16(2)22(14-19)25(24)26(21)29)32-28(30)31-20-9-8-17-5-3-4-6-18(17)13-20/h3-11,13,16,19,22,29H,12,14H2,1-2H3. The zero-order chi connectivity index (χ0) is 22.0. The highest BCUT2D eigenvalue weighted by Crippen LogP contribution is 2.62. The first kappa shape index (κ1) is 19.2. The molecule has 4 aromatic rings. The molecule has 6 rings (SSSR count). The molecule has 4 nitrogen and oxygen atoms in total. The second-order valence-electron chi connectivity index (χ2n) is 9.27. The van der Waals surface area contributed by atoms with Crippen LogP contribution in [0.25, 0.3) is 21.5 Å². The van der Waals surface area contributed by atoms with E-state index in [0.717, 1.165) is 51.1 Å². The zero-order valence-corrected chi connectivity index (χ0v) is 18.1. The lowest BCUT2D eigenvalue weighted by Crippen LogP contribution is -2.17. The second kappa shape index (κ2) is 6.99. The van der Waals surface area contributed by atoms with Gasteiger partial charge in [0.1, 0.15) is 17.2 Å². The average molecular weight is 424 g/mol. The van der Waals surface area contributed by atoms with Gasteiger partial charge in [-0.15, -0.1) is 0 Å². The van der Waals surface area contributed by atoms with Gasteiger partial charge in [0.15, 0.2) is 0 Å². The SMILES string of the molecule is Cc1ccc2c(O)c3c(c(OC(=O)Oc4ccc5ccccc5c4)c2c1)C1CC(C)C3C1. The maximum Gasteiger partial charge on any atom is 0.519 e. The Bertz CT molecular complexity index is 1400. The van der Waals surface area contributed by atoms with Crippen molar-refractivity contribution in [2.45, 2.75) is 38.5 Å². The first-order valence-corrected chi connectivity index (χ1v) is 11.2. The highest BCUT2D eigenvalue weighted by molar-refractivity contribution is 5.98. The molecular formula is C28H24O4. The van der Waals surface area contributed by atoms with Crippen molar-refractivity contribution in [2.24, 2.45) is 5.92 Å². The molecule has 160 valence electrons.